The SMILES string of the molecule is Cc1ccc([N+](=O)[O-])cc1C#CSI. The zero-order chi connectivity index (χ0) is 10.6. The first-order valence-corrected chi connectivity index (χ1v) is 7.04. The van der Waals surface area contributed by atoms with Gasteiger partial charge in [0, 0.05) is 38.9 Å². The summed E-state index contributed by atoms with van der Waals surface area (Å²) in [6.07, 6.45) is 0. The number of rotatable bonds is 1. The van der Waals surface area contributed by atoms with Crippen molar-refractivity contribution in [1.82, 2.24) is 0 Å². The predicted octanol–water partition coefficient (Wildman–Crippen LogP) is 3.30. The monoisotopic (exact) mass is 319 g/mol. The van der Waals surface area contributed by atoms with Crippen molar-refractivity contribution in [2.24, 2.45) is 0 Å². The van der Waals surface area contributed by atoms with Crippen molar-refractivity contribution in [2.75, 3.05) is 0 Å². The third-order valence-electron chi connectivity index (χ3n) is 1.66. The van der Waals surface area contributed by atoms with Gasteiger partial charge in [-0.15, -0.1) is 0 Å². The number of non-ortho nitro benzene ring substituents is 1. The van der Waals surface area contributed by atoms with E-state index in [0.717, 1.165) is 5.56 Å². The smallest absolute Gasteiger partial charge is 0.258 e. The maximum Gasteiger partial charge on any atom is 0.270 e. The molecule has 0 radical (unpaired) electrons. The van der Waals surface area contributed by atoms with Crippen molar-refractivity contribution >= 4 is 35.8 Å². The van der Waals surface area contributed by atoms with E-state index in [-0.39, 0.29) is 5.69 Å². The molecule has 0 N–H and O–H groups in total. The Morgan fingerprint density at radius 3 is 2.86 bits per heavy atom. The summed E-state index contributed by atoms with van der Waals surface area (Å²) in [5.41, 5.74) is 1.75. The van der Waals surface area contributed by atoms with Gasteiger partial charge in [0.25, 0.3) is 5.69 Å². The van der Waals surface area contributed by atoms with E-state index >= 15 is 0 Å². The molecular weight excluding hydrogens is 313 g/mol. The fourth-order valence-corrected chi connectivity index (χ4v) is 1.41. The molecule has 0 fully saturated rings. The summed E-state index contributed by atoms with van der Waals surface area (Å²) in [7, 11) is 1.36. The van der Waals surface area contributed by atoms with Gasteiger partial charge >= 0.3 is 0 Å². The molecule has 72 valence electrons. The average Bonchev–Trinajstić information content (AvgIpc) is 2.16. The maximum absolute atomic E-state index is 10.5. The molecule has 0 unspecified atom stereocenters. The van der Waals surface area contributed by atoms with E-state index in [2.05, 4.69) is 32.4 Å². The molecule has 5 heteroatoms. The number of nitro benzene ring substituents is 1. The van der Waals surface area contributed by atoms with Crippen LogP contribution in [0.5, 0.6) is 0 Å². The van der Waals surface area contributed by atoms with E-state index in [9.17, 15) is 10.1 Å². The molecule has 1 rings (SSSR count). The van der Waals surface area contributed by atoms with Gasteiger partial charge < -0.3 is 0 Å². The molecule has 0 aliphatic carbocycles. The van der Waals surface area contributed by atoms with Crippen molar-refractivity contribution in [3.05, 3.63) is 39.4 Å². The van der Waals surface area contributed by atoms with E-state index < -0.39 is 4.92 Å². The number of hydrogen-bond acceptors (Lipinski definition) is 3. The molecule has 14 heavy (non-hydrogen) atoms. The number of hydrogen-bond donors (Lipinski definition) is 0. The van der Waals surface area contributed by atoms with Crippen LogP contribution in [0.2, 0.25) is 0 Å². The molecule has 0 atom stereocenters. The molecule has 0 saturated carbocycles. The lowest BCUT2D eigenvalue weighted by molar-refractivity contribution is -0.384. The molecule has 0 aliphatic rings. The second kappa shape index (κ2) is 5.22. The van der Waals surface area contributed by atoms with Crippen LogP contribution < -0.4 is 0 Å². The van der Waals surface area contributed by atoms with Gasteiger partial charge in [0.2, 0.25) is 0 Å². The highest BCUT2D eigenvalue weighted by Gasteiger charge is 2.06. The summed E-state index contributed by atoms with van der Waals surface area (Å²) in [5, 5.41) is 13.3. The molecule has 1 aromatic rings. The summed E-state index contributed by atoms with van der Waals surface area (Å²) in [5.74, 6) is 2.86. The van der Waals surface area contributed by atoms with Gasteiger partial charge in [-0.05, 0) is 26.7 Å². The third kappa shape index (κ3) is 2.89. The Morgan fingerprint density at radius 1 is 1.57 bits per heavy atom. The average molecular weight is 319 g/mol. The van der Waals surface area contributed by atoms with Crippen LogP contribution in [0.25, 0.3) is 0 Å². The van der Waals surface area contributed by atoms with Gasteiger partial charge in [-0.3, -0.25) is 10.1 Å². The zero-order valence-electron chi connectivity index (χ0n) is 7.28. The van der Waals surface area contributed by atoms with Crippen LogP contribution in [0, 0.1) is 28.2 Å². The van der Waals surface area contributed by atoms with Gasteiger partial charge in [-0.1, -0.05) is 12.0 Å². The Labute approximate surface area is 98.0 Å². The highest BCUT2D eigenvalue weighted by molar-refractivity contribution is 14.2. The first-order valence-electron chi connectivity index (χ1n) is 3.69. The molecule has 0 amide bonds. The van der Waals surface area contributed by atoms with Crippen LogP contribution in [-0.2, 0) is 0 Å². The number of halogens is 1. The first kappa shape index (κ1) is 11.3. The summed E-state index contributed by atoms with van der Waals surface area (Å²) >= 11 is 2.06. The normalized spacial score (nSPS) is 9.00. The predicted molar refractivity (Wildman–Crippen MR) is 66.3 cm³/mol. The van der Waals surface area contributed by atoms with E-state index in [4.69, 9.17) is 0 Å². The van der Waals surface area contributed by atoms with Crippen LogP contribution in [0.15, 0.2) is 18.2 Å². The highest BCUT2D eigenvalue weighted by Crippen LogP contribution is 2.17. The maximum atomic E-state index is 10.5. The molecule has 3 nitrogen and oxygen atoms in total. The van der Waals surface area contributed by atoms with Crippen molar-refractivity contribution in [1.29, 1.82) is 0 Å². The van der Waals surface area contributed by atoms with Gasteiger partial charge in [-0.2, -0.15) is 0 Å². The van der Waals surface area contributed by atoms with Crippen molar-refractivity contribution in [3.63, 3.8) is 0 Å². The Morgan fingerprint density at radius 2 is 2.29 bits per heavy atom. The largest absolute Gasteiger partial charge is 0.270 e. The van der Waals surface area contributed by atoms with Gasteiger partial charge in [0.05, 0.1) is 4.92 Å². The fourth-order valence-electron chi connectivity index (χ4n) is 0.932. The topological polar surface area (TPSA) is 43.1 Å². The van der Waals surface area contributed by atoms with Gasteiger partial charge in [-0.25, -0.2) is 0 Å². The van der Waals surface area contributed by atoms with Gasteiger partial charge in [0.15, 0.2) is 0 Å². The van der Waals surface area contributed by atoms with Crippen LogP contribution in [0.4, 0.5) is 5.69 Å². The lowest BCUT2D eigenvalue weighted by Crippen LogP contribution is -1.90. The molecule has 1 aromatic carbocycles. The standard InChI is InChI=1S/C9H6INO2S/c1-7-2-3-9(11(12)13)6-8(7)4-5-14-10/h2-3,6H,1H3. The lowest BCUT2D eigenvalue weighted by atomic mass is 10.1. The van der Waals surface area contributed by atoms with Crippen LogP contribution in [0.1, 0.15) is 11.1 Å². The quantitative estimate of drug-likeness (QED) is 0.345. The number of aryl methyl sites for hydroxylation is 1. The summed E-state index contributed by atoms with van der Waals surface area (Å²) in [4.78, 5) is 10.1. The lowest BCUT2D eigenvalue weighted by Gasteiger charge is -1.96. The summed E-state index contributed by atoms with van der Waals surface area (Å²) < 4.78 is 0. The fraction of sp³-hybridized carbons (Fsp3) is 0.111. The van der Waals surface area contributed by atoms with E-state index in [0.29, 0.717) is 5.56 Å². The molecule has 0 saturated heterocycles. The molecule has 0 bridgehead atoms. The highest BCUT2D eigenvalue weighted by atomic mass is 127. The Kier molecular flexibility index (Phi) is 4.22. The minimum atomic E-state index is -0.415. The molecule has 0 aliphatic heterocycles. The Bertz CT molecular complexity index is 423. The molecule has 0 aromatic heterocycles. The van der Waals surface area contributed by atoms with Gasteiger partial charge in [0.1, 0.15) is 0 Å². The minimum Gasteiger partial charge on any atom is -0.258 e. The van der Waals surface area contributed by atoms with Crippen LogP contribution in [-0.4, -0.2) is 4.92 Å². The molecular formula is C9H6INO2S. The van der Waals surface area contributed by atoms with E-state index in [1.165, 1.54) is 21.1 Å². The Hall–Kier alpha value is -0.740. The minimum absolute atomic E-state index is 0.0818. The van der Waals surface area contributed by atoms with Crippen LogP contribution >= 0.6 is 30.1 Å². The third-order valence-corrected chi connectivity index (χ3v) is 2.50. The summed E-state index contributed by atoms with van der Waals surface area (Å²) in [6.45, 7) is 1.88. The van der Waals surface area contributed by atoms with Crippen molar-refractivity contribution < 1.29 is 4.92 Å². The molecule has 0 heterocycles. The van der Waals surface area contributed by atoms with Crippen LogP contribution in [0.3, 0.4) is 0 Å². The summed E-state index contributed by atoms with van der Waals surface area (Å²) in [6, 6.07) is 4.69. The number of nitro groups is 1. The first-order chi connectivity index (χ1) is 6.65. The number of benzene rings is 1. The Balaban J connectivity index is 3.14. The van der Waals surface area contributed by atoms with Crippen molar-refractivity contribution in [2.45, 2.75) is 6.92 Å². The zero-order valence-corrected chi connectivity index (χ0v) is 10.3. The second-order valence-corrected chi connectivity index (χ2v) is 4.24. The van der Waals surface area contributed by atoms with E-state index in [1.54, 1.807) is 6.07 Å². The van der Waals surface area contributed by atoms with E-state index in [1.807, 2.05) is 6.92 Å². The molecule has 0 spiro atoms. The van der Waals surface area contributed by atoms with Crippen molar-refractivity contribution in [3.8, 4) is 11.2 Å². The number of nitrogens with zero attached hydrogens (tertiary/aromatic N) is 1. The second-order valence-electron chi connectivity index (χ2n) is 2.56.